The van der Waals surface area contributed by atoms with E-state index in [-0.39, 0.29) is 17.2 Å². The summed E-state index contributed by atoms with van der Waals surface area (Å²) in [6.07, 6.45) is 1.40. The van der Waals surface area contributed by atoms with Crippen LogP contribution in [-0.4, -0.2) is 92.5 Å². The van der Waals surface area contributed by atoms with Crippen molar-refractivity contribution in [3.8, 4) is 0 Å². The Hall–Kier alpha value is -1.26. The van der Waals surface area contributed by atoms with Crippen LogP contribution < -0.4 is 11.1 Å². The Balaban J connectivity index is 1.75. The predicted molar refractivity (Wildman–Crippen MR) is 93.8 cm³/mol. The number of nitrogen functional groups attached to an aromatic ring is 1. The number of hydrogen-bond acceptors (Lipinski definition) is 8. The number of nitrogens with two attached hydrogens (primary N) is 1. The number of nitrogens with one attached hydrogen (secondary N) is 1. The number of rotatable bonds is 7. The Morgan fingerprint density at radius 1 is 1.46 bits per heavy atom. The van der Waals surface area contributed by atoms with Crippen LogP contribution in [0.25, 0.3) is 11.2 Å². The number of carboxylic acid groups (broad SMARTS) is 1. The van der Waals surface area contributed by atoms with Gasteiger partial charge >= 0.3 is 166 Å². The molecule has 140 valence electrons. The molecule has 2 aromatic heterocycles. The van der Waals surface area contributed by atoms with Crippen molar-refractivity contribution in [2.24, 2.45) is 0 Å². The molecule has 2 radical (unpaired) electrons. The van der Waals surface area contributed by atoms with Gasteiger partial charge in [-0.05, 0) is 0 Å². The molecule has 0 spiro atoms. The Morgan fingerprint density at radius 2 is 2.23 bits per heavy atom. The molecule has 3 heterocycles. The summed E-state index contributed by atoms with van der Waals surface area (Å²) in [5, 5.41) is 23.3. The normalized spacial score (nSPS) is 27.0. The van der Waals surface area contributed by atoms with E-state index < -0.39 is 30.4 Å². The molecule has 0 bridgehead atoms. The van der Waals surface area contributed by atoms with Crippen LogP contribution in [0.3, 0.4) is 0 Å². The van der Waals surface area contributed by atoms with Gasteiger partial charge in [-0.2, -0.15) is 0 Å². The van der Waals surface area contributed by atoms with E-state index >= 15 is 0 Å². The fourth-order valence-electron chi connectivity index (χ4n) is 2.86. The van der Waals surface area contributed by atoms with E-state index in [1.807, 2.05) is 0 Å². The quantitative estimate of drug-likeness (QED) is 0.344. The summed E-state index contributed by atoms with van der Waals surface area (Å²) in [6.45, 7) is 0.205. The van der Waals surface area contributed by atoms with Crippen molar-refractivity contribution in [3.05, 3.63) is 12.7 Å². The van der Waals surface area contributed by atoms with Gasteiger partial charge < -0.3 is 0 Å². The number of imidazole rings is 1. The van der Waals surface area contributed by atoms with Crippen molar-refractivity contribution in [2.45, 2.75) is 41.0 Å². The van der Waals surface area contributed by atoms with E-state index in [0.717, 1.165) is 0 Å². The molecule has 0 unspecified atom stereocenters. The average Bonchev–Trinajstić information content (AvgIpc) is 3.15. The van der Waals surface area contributed by atoms with Gasteiger partial charge in [0.15, 0.2) is 0 Å². The van der Waals surface area contributed by atoms with Crippen molar-refractivity contribution < 1.29 is 19.7 Å². The van der Waals surface area contributed by atoms with Crippen LogP contribution >= 0.6 is 0 Å². The molecule has 0 aromatic carbocycles. The number of fused-ring (bicyclic) bond motifs is 1. The summed E-state index contributed by atoms with van der Waals surface area (Å²) in [5.74, 6) is -0.667. The SMILES string of the molecule is Nc1ncnc2c1ncn2[C@@H]1O[C@H](CN[C@@H](CC[Se])C(=O)O)[C@@H](O)[C@H]1[Se]. The molecule has 0 amide bonds. The van der Waals surface area contributed by atoms with Gasteiger partial charge in [-0.15, -0.1) is 0 Å². The Morgan fingerprint density at radius 3 is 2.92 bits per heavy atom. The number of carbonyl (C=O) groups is 1. The summed E-state index contributed by atoms with van der Waals surface area (Å²) in [6, 6.07) is -0.702. The fraction of sp³-hybridized carbons (Fsp3) is 0.571. The van der Waals surface area contributed by atoms with Gasteiger partial charge in [0, 0.05) is 0 Å². The fourth-order valence-corrected chi connectivity index (χ4v) is 4.13. The molecular weight excluding hydrogens is 474 g/mol. The van der Waals surface area contributed by atoms with E-state index in [9.17, 15) is 15.0 Å². The maximum absolute atomic E-state index is 11.2. The number of aliphatic hydroxyl groups excluding tert-OH is 1. The number of anilines is 1. The minimum absolute atomic E-state index is 0.205. The molecular formula is C14H18N6O4Se2. The van der Waals surface area contributed by atoms with Crippen molar-refractivity contribution in [1.82, 2.24) is 24.8 Å². The molecule has 2 aromatic rings. The van der Waals surface area contributed by atoms with Crippen LogP contribution in [0.4, 0.5) is 5.82 Å². The van der Waals surface area contributed by atoms with Gasteiger partial charge in [0.05, 0.1) is 0 Å². The molecule has 5 atom stereocenters. The average molecular weight is 492 g/mol. The van der Waals surface area contributed by atoms with E-state index in [0.29, 0.717) is 22.9 Å². The van der Waals surface area contributed by atoms with E-state index in [2.05, 4.69) is 52.3 Å². The monoisotopic (exact) mass is 494 g/mol. The maximum atomic E-state index is 11.2. The molecule has 26 heavy (non-hydrogen) atoms. The molecule has 1 saturated heterocycles. The van der Waals surface area contributed by atoms with Crippen molar-refractivity contribution in [2.75, 3.05) is 12.3 Å². The van der Waals surface area contributed by atoms with E-state index in [1.165, 1.54) is 6.33 Å². The number of ether oxygens (including phenoxy) is 1. The second-order valence-electron chi connectivity index (χ2n) is 5.90. The standard InChI is InChI=1S/C14H18N6O4Se2/c15-11-8-12(18-4-17-11)20(5-19-8)13-10(26)9(21)7(24-13)3-16-6(1-2-25)14(22)23/h4-7,9-10,13,16,21H,1-3H2,(H,22,23)(H2,15,17,18)/t6-,7+,9+,10+,13+/m0/s1. The first-order valence-corrected chi connectivity index (χ1v) is 10.1. The first kappa shape index (κ1) is 19.5. The van der Waals surface area contributed by atoms with Crippen molar-refractivity contribution in [3.63, 3.8) is 0 Å². The topological polar surface area (TPSA) is 148 Å². The van der Waals surface area contributed by atoms with Crippen LogP contribution in [0.2, 0.25) is 10.1 Å². The zero-order chi connectivity index (χ0) is 18.8. The Labute approximate surface area is 165 Å². The first-order valence-electron chi connectivity index (χ1n) is 7.90. The third kappa shape index (κ3) is 3.72. The first-order chi connectivity index (χ1) is 12.4. The summed E-state index contributed by atoms with van der Waals surface area (Å²) in [5.41, 5.74) is 6.77. The summed E-state index contributed by atoms with van der Waals surface area (Å²) < 4.78 is 7.65. The van der Waals surface area contributed by atoms with Crippen LogP contribution in [0, 0.1) is 0 Å². The zero-order valence-electron chi connectivity index (χ0n) is 13.6. The van der Waals surface area contributed by atoms with Crippen LogP contribution in [-0.2, 0) is 9.53 Å². The number of aliphatic hydroxyl groups is 1. The Kier molecular flexibility index (Phi) is 6.13. The number of hydrogen-bond donors (Lipinski definition) is 4. The molecule has 3 rings (SSSR count). The third-order valence-corrected chi connectivity index (χ3v) is 5.81. The van der Waals surface area contributed by atoms with Crippen LogP contribution in [0.5, 0.6) is 0 Å². The number of aliphatic carboxylic acids is 1. The Bertz CT molecular complexity index is 790. The van der Waals surface area contributed by atoms with Crippen LogP contribution in [0.1, 0.15) is 12.6 Å². The van der Waals surface area contributed by atoms with E-state index in [1.54, 1.807) is 10.9 Å². The van der Waals surface area contributed by atoms with Gasteiger partial charge in [-0.25, -0.2) is 0 Å². The molecule has 0 aliphatic carbocycles. The summed E-state index contributed by atoms with van der Waals surface area (Å²) >= 11 is 5.72. The second kappa shape index (κ2) is 8.18. The van der Waals surface area contributed by atoms with Crippen molar-refractivity contribution >= 4 is 55.0 Å². The van der Waals surface area contributed by atoms with Crippen molar-refractivity contribution in [1.29, 1.82) is 0 Å². The molecule has 5 N–H and O–H groups in total. The van der Waals surface area contributed by atoms with Gasteiger partial charge in [-0.1, -0.05) is 0 Å². The molecule has 12 heteroatoms. The van der Waals surface area contributed by atoms with Gasteiger partial charge in [0.1, 0.15) is 0 Å². The molecule has 0 saturated carbocycles. The van der Waals surface area contributed by atoms with Crippen LogP contribution in [0.15, 0.2) is 12.7 Å². The number of carboxylic acids is 1. The van der Waals surface area contributed by atoms with Gasteiger partial charge in [0.2, 0.25) is 0 Å². The van der Waals surface area contributed by atoms with Gasteiger partial charge in [0.25, 0.3) is 0 Å². The summed E-state index contributed by atoms with van der Waals surface area (Å²) in [4.78, 5) is 23.2. The summed E-state index contributed by atoms with van der Waals surface area (Å²) in [7, 11) is 0. The minimum atomic E-state index is -0.934. The molecule has 1 aliphatic heterocycles. The van der Waals surface area contributed by atoms with Gasteiger partial charge in [-0.3, -0.25) is 0 Å². The molecule has 1 aliphatic rings. The third-order valence-electron chi connectivity index (χ3n) is 4.24. The molecule has 1 fully saturated rings. The predicted octanol–water partition coefficient (Wildman–Crippen LogP) is -1.36. The molecule has 10 nitrogen and oxygen atoms in total. The zero-order valence-corrected chi connectivity index (χ0v) is 17.0. The number of aromatic nitrogens is 4. The van der Waals surface area contributed by atoms with E-state index in [4.69, 9.17) is 10.5 Å². The number of nitrogens with zero attached hydrogens (tertiary/aromatic N) is 4. The second-order valence-corrected chi connectivity index (χ2v) is 7.89.